The Morgan fingerprint density at radius 2 is 2.25 bits per heavy atom. The van der Waals surface area contributed by atoms with E-state index in [2.05, 4.69) is 9.97 Å². The average Bonchev–Trinajstić information content (AvgIpc) is 2.02. The van der Waals surface area contributed by atoms with Crippen LogP contribution < -0.4 is 4.74 Å². The topological polar surface area (TPSA) is 35.0 Å². The summed E-state index contributed by atoms with van der Waals surface area (Å²) in [5.74, 6) is 0.506. The van der Waals surface area contributed by atoms with Gasteiger partial charge in [-0.25, -0.2) is 4.98 Å². The summed E-state index contributed by atoms with van der Waals surface area (Å²) < 4.78 is 5.26. The van der Waals surface area contributed by atoms with Crippen molar-refractivity contribution in [1.82, 2.24) is 9.97 Å². The third kappa shape index (κ3) is 3.53. The minimum absolute atomic E-state index is 0.364. The number of aromatic nitrogens is 2. The fourth-order valence-corrected chi connectivity index (χ4v) is 0.660. The van der Waals surface area contributed by atoms with Crippen molar-refractivity contribution in [2.75, 3.05) is 6.61 Å². The molecule has 1 aromatic rings. The molecule has 0 N–H and O–H groups in total. The largest absolute Gasteiger partial charge is 0.475 e. The van der Waals surface area contributed by atoms with E-state index in [1.165, 1.54) is 0 Å². The Kier molecular flexibility index (Phi) is 2.87. The van der Waals surface area contributed by atoms with Gasteiger partial charge in [0.25, 0.3) is 0 Å². The minimum atomic E-state index is -0.364. The zero-order valence-corrected chi connectivity index (χ0v) is 7.88. The van der Waals surface area contributed by atoms with E-state index in [1.54, 1.807) is 18.6 Å². The van der Waals surface area contributed by atoms with Gasteiger partial charge in [-0.3, -0.25) is 4.98 Å². The van der Waals surface area contributed by atoms with Gasteiger partial charge in [-0.1, -0.05) is 0 Å². The molecular weight excluding hydrogens is 176 g/mol. The minimum Gasteiger partial charge on any atom is -0.475 e. The highest BCUT2D eigenvalue weighted by Gasteiger charge is 2.14. The Balaban J connectivity index is 2.44. The van der Waals surface area contributed by atoms with Crippen molar-refractivity contribution in [2.24, 2.45) is 0 Å². The third-order valence-corrected chi connectivity index (χ3v) is 1.21. The van der Waals surface area contributed by atoms with Gasteiger partial charge in [0.15, 0.2) is 0 Å². The smallest absolute Gasteiger partial charge is 0.232 e. The molecule has 4 heteroatoms. The molecule has 66 valence electrons. The third-order valence-electron chi connectivity index (χ3n) is 1.10. The van der Waals surface area contributed by atoms with Crippen LogP contribution >= 0.6 is 11.6 Å². The second kappa shape index (κ2) is 3.72. The zero-order chi connectivity index (χ0) is 9.03. The number of rotatable bonds is 3. The molecule has 0 saturated carbocycles. The summed E-state index contributed by atoms with van der Waals surface area (Å²) in [5, 5.41) is 0. The monoisotopic (exact) mass is 186 g/mol. The fourth-order valence-electron chi connectivity index (χ4n) is 0.606. The van der Waals surface area contributed by atoms with Gasteiger partial charge in [0.2, 0.25) is 5.88 Å². The first-order valence-corrected chi connectivity index (χ1v) is 4.03. The SMILES string of the molecule is CC(C)(Cl)COc1cnccn1. The van der Waals surface area contributed by atoms with Crippen LogP contribution in [0.25, 0.3) is 0 Å². The predicted molar refractivity (Wildman–Crippen MR) is 47.5 cm³/mol. The Morgan fingerprint density at radius 3 is 2.75 bits per heavy atom. The number of alkyl halides is 1. The number of hydrogen-bond donors (Lipinski definition) is 0. The zero-order valence-electron chi connectivity index (χ0n) is 7.12. The molecule has 0 aliphatic rings. The van der Waals surface area contributed by atoms with Crippen LogP contribution in [0.1, 0.15) is 13.8 Å². The molecule has 12 heavy (non-hydrogen) atoms. The van der Waals surface area contributed by atoms with Crippen LogP contribution in [0.15, 0.2) is 18.6 Å². The lowest BCUT2D eigenvalue weighted by Gasteiger charge is -2.15. The van der Waals surface area contributed by atoms with Crippen molar-refractivity contribution in [2.45, 2.75) is 18.7 Å². The van der Waals surface area contributed by atoms with E-state index in [0.29, 0.717) is 12.5 Å². The molecule has 0 aromatic carbocycles. The number of hydrogen-bond acceptors (Lipinski definition) is 3. The predicted octanol–water partition coefficient (Wildman–Crippen LogP) is 1.87. The van der Waals surface area contributed by atoms with Gasteiger partial charge >= 0.3 is 0 Å². The summed E-state index contributed by atoms with van der Waals surface area (Å²) >= 11 is 5.91. The number of halogens is 1. The van der Waals surface area contributed by atoms with E-state index in [-0.39, 0.29) is 4.87 Å². The summed E-state index contributed by atoms with van der Waals surface area (Å²) in [6.07, 6.45) is 4.73. The van der Waals surface area contributed by atoms with Crippen molar-refractivity contribution in [1.29, 1.82) is 0 Å². The molecule has 1 heterocycles. The summed E-state index contributed by atoms with van der Waals surface area (Å²) in [6.45, 7) is 4.18. The maximum absolute atomic E-state index is 5.91. The van der Waals surface area contributed by atoms with E-state index < -0.39 is 0 Å². The molecule has 0 unspecified atom stereocenters. The molecule has 0 aliphatic carbocycles. The molecule has 0 amide bonds. The Labute approximate surface area is 76.7 Å². The molecular formula is C8H11ClN2O. The highest BCUT2D eigenvalue weighted by Crippen LogP contribution is 2.13. The van der Waals surface area contributed by atoms with Gasteiger partial charge in [0.05, 0.1) is 11.1 Å². The maximum Gasteiger partial charge on any atom is 0.232 e. The summed E-state index contributed by atoms with van der Waals surface area (Å²) in [7, 11) is 0. The average molecular weight is 187 g/mol. The standard InChI is InChI=1S/C8H11ClN2O/c1-8(2,9)6-12-7-5-10-3-4-11-7/h3-5H,6H2,1-2H3. The van der Waals surface area contributed by atoms with E-state index in [0.717, 1.165) is 0 Å². The first kappa shape index (κ1) is 9.26. The molecule has 0 fully saturated rings. The number of nitrogens with zero attached hydrogens (tertiary/aromatic N) is 2. The maximum atomic E-state index is 5.91. The van der Waals surface area contributed by atoms with Gasteiger partial charge in [0.1, 0.15) is 6.61 Å². The number of ether oxygens (including phenoxy) is 1. The summed E-state index contributed by atoms with van der Waals surface area (Å²) in [4.78, 5) is 7.43. The highest BCUT2D eigenvalue weighted by molar-refractivity contribution is 6.23. The van der Waals surface area contributed by atoms with E-state index >= 15 is 0 Å². The van der Waals surface area contributed by atoms with Crippen LogP contribution in [0.2, 0.25) is 0 Å². The molecule has 0 aliphatic heterocycles. The van der Waals surface area contributed by atoms with Gasteiger partial charge in [-0.15, -0.1) is 11.6 Å². The first-order valence-electron chi connectivity index (χ1n) is 3.66. The molecule has 0 atom stereocenters. The van der Waals surface area contributed by atoms with Gasteiger partial charge in [-0.2, -0.15) is 0 Å². The molecule has 1 rings (SSSR count). The fraction of sp³-hybridized carbons (Fsp3) is 0.500. The Bertz CT molecular complexity index is 233. The van der Waals surface area contributed by atoms with Crippen LogP contribution in [0.4, 0.5) is 0 Å². The first-order chi connectivity index (χ1) is 5.58. The van der Waals surface area contributed by atoms with Crippen molar-refractivity contribution in [3.05, 3.63) is 18.6 Å². The Hall–Kier alpha value is -0.830. The second-order valence-electron chi connectivity index (χ2n) is 3.05. The molecule has 0 spiro atoms. The molecule has 0 saturated heterocycles. The van der Waals surface area contributed by atoms with E-state index in [9.17, 15) is 0 Å². The lowest BCUT2D eigenvalue weighted by Crippen LogP contribution is -2.21. The van der Waals surface area contributed by atoms with Gasteiger partial charge in [-0.05, 0) is 13.8 Å². The summed E-state index contributed by atoms with van der Waals surface area (Å²) in [6, 6.07) is 0. The lowest BCUT2D eigenvalue weighted by atomic mass is 10.2. The van der Waals surface area contributed by atoms with Crippen molar-refractivity contribution in [3.63, 3.8) is 0 Å². The molecule has 3 nitrogen and oxygen atoms in total. The highest BCUT2D eigenvalue weighted by atomic mass is 35.5. The van der Waals surface area contributed by atoms with Crippen molar-refractivity contribution < 1.29 is 4.74 Å². The van der Waals surface area contributed by atoms with Crippen LogP contribution in [0.3, 0.4) is 0 Å². The van der Waals surface area contributed by atoms with E-state index in [4.69, 9.17) is 16.3 Å². The molecule has 0 bridgehead atoms. The normalized spacial score (nSPS) is 11.2. The second-order valence-corrected chi connectivity index (χ2v) is 4.07. The van der Waals surface area contributed by atoms with Gasteiger partial charge in [0, 0.05) is 12.4 Å². The Morgan fingerprint density at radius 1 is 1.50 bits per heavy atom. The van der Waals surface area contributed by atoms with Crippen LogP contribution in [0, 0.1) is 0 Å². The van der Waals surface area contributed by atoms with Crippen LogP contribution in [-0.4, -0.2) is 21.4 Å². The summed E-state index contributed by atoms with van der Waals surface area (Å²) in [5.41, 5.74) is 0. The van der Waals surface area contributed by atoms with Crippen LogP contribution in [0.5, 0.6) is 5.88 Å². The molecule has 1 aromatic heterocycles. The molecule has 0 radical (unpaired) electrons. The van der Waals surface area contributed by atoms with Crippen molar-refractivity contribution in [3.8, 4) is 5.88 Å². The van der Waals surface area contributed by atoms with Crippen LogP contribution in [-0.2, 0) is 0 Å². The van der Waals surface area contributed by atoms with Crippen molar-refractivity contribution >= 4 is 11.6 Å². The quantitative estimate of drug-likeness (QED) is 0.677. The van der Waals surface area contributed by atoms with E-state index in [1.807, 2.05) is 13.8 Å². The van der Waals surface area contributed by atoms with Gasteiger partial charge < -0.3 is 4.74 Å². The lowest BCUT2D eigenvalue weighted by molar-refractivity contribution is 0.273.